The van der Waals surface area contributed by atoms with Crippen LogP contribution < -0.4 is 0 Å². The van der Waals surface area contributed by atoms with E-state index in [2.05, 4.69) is 31.2 Å². The molecule has 0 bridgehead atoms. The van der Waals surface area contributed by atoms with E-state index in [1.54, 1.807) is 12.1 Å². The average Bonchev–Trinajstić information content (AvgIpc) is 2.69. The van der Waals surface area contributed by atoms with E-state index in [1.165, 1.54) is 56.2 Å². The molecular weight excluding hydrogens is 328 g/mol. The number of benzene rings is 2. The van der Waals surface area contributed by atoms with Gasteiger partial charge < -0.3 is 0 Å². The first-order valence-electron chi connectivity index (χ1n) is 9.53. The number of nitrogens with zero attached hydrogens (tertiary/aromatic N) is 1. The molecule has 136 valence electrons. The lowest BCUT2D eigenvalue weighted by Crippen LogP contribution is -2.13. The topological polar surface area (TPSA) is 23.8 Å². The largest absolute Gasteiger partial charge is 0.357 e. The first-order chi connectivity index (χ1) is 12.5. The molecule has 2 aromatic carbocycles. The molecule has 3 rings (SSSR count). The highest BCUT2D eigenvalue weighted by Gasteiger charge is 2.30. The maximum absolute atomic E-state index is 13.4. The zero-order valence-corrected chi connectivity index (χ0v) is 15.2. The second kappa shape index (κ2) is 7.99. The lowest BCUT2D eigenvalue weighted by molar-refractivity contribution is 0.0613. The molecule has 26 heavy (non-hydrogen) atoms. The van der Waals surface area contributed by atoms with Crippen LogP contribution in [0.2, 0.25) is 0 Å². The van der Waals surface area contributed by atoms with Gasteiger partial charge in [-0.15, -0.1) is 0 Å². The molecule has 1 fully saturated rings. The highest BCUT2D eigenvalue weighted by molar-refractivity contribution is 5.64. The smallest absolute Gasteiger partial charge is 0.191 e. The molecule has 0 radical (unpaired) electrons. The van der Waals surface area contributed by atoms with Gasteiger partial charge in [0.25, 0.3) is 0 Å². The van der Waals surface area contributed by atoms with Crippen molar-refractivity contribution in [1.82, 2.24) is 0 Å². The second-order valence-electron chi connectivity index (χ2n) is 7.39. The Hall–Kier alpha value is -2.21. The molecule has 1 aliphatic carbocycles. The van der Waals surface area contributed by atoms with Gasteiger partial charge in [0.2, 0.25) is 0 Å². The summed E-state index contributed by atoms with van der Waals surface area (Å²) in [7, 11) is 0. The van der Waals surface area contributed by atoms with Gasteiger partial charge >= 0.3 is 5.92 Å². The van der Waals surface area contributed by atoms with E-state index in [-0.39, 0.29) is 5.56 Å². The zero-order valence-electron chi connectivity index (χ0n) is 15.2. The summed E-state index contributed by atoms with van der Waals surface area (Å²) < 4.78 is 26.8. The Balaban J connectivity index is 1.68. The second-order valence-corrected chi connectivity index (χ2v) is 7.39. The molecule has 2 aromatic rings. The monoisotopic (exact) mass is 353 g/mol. The summed E-state index contributed by atoms with van der Waals surface area (Å²) in [6.07, 6.45) is 7.82. The van der Waals surface area contributed by atoms with E-state index in [0.29, 0.717) is 5.92 Å². The molecule has 0 heterocycles. The Bertz CT molecular complexity index is 748. The van der Waals surface area contributed by atoms with Crippen molar-refractivity contribution in [1.29, 1.82) is 5.26 Å². The number of halogens is 2. The average molecular weight is 353 g/mol. The van der Waals surface area contributed by atoms with Gasteiger partial charge in [-0.25, -0.2) is 0 Å². The molecule has 1 aliphatic rings. The Morgan fingerprint density at radius 2 is 1.46 bits per heavy atom. The molecule has 0 aromatic heterocycles. The van der Waals surface area contributed by atoms with Crippen molar-refractivity contribution in [3.63, 3.8) is 0 Å². The van der Waals surface area contributed by atoms with Crippen LogP contribution in [0.1, 0.15) is 62.5 Å². The minimum absolute atomic E-state index is 0.260. The third-order valence-electron chi connectivity index (χ3n) is 5.65. The summed E-state index contributed by atoms with van der Waals surface area (Å²) in [5, 5.41) is 8.53. The van der Waals surface area contributed by atoms with E-state index in [1.807, 2.05) is 0 Å². The van der Waals surface area contributed by atoms with Crippen molar-refractivity contribution >= 4 is 0 Å². The van der Waals surface area contributed by atoms with Gasteiger partial charge in [0.05, 0.1) is 0 Å². The Morgan fingerprint density at radius 3 is 1.96 bits per heavy atom. The van der Waals surface area contributed by atoms with E-state index < -0.39 is 5.92 Å². The zero-order chi connectivity index (χ0) is 18.6. The van der Waals surface area contributed by atoms with Gasteiger partial charge in [0, 0.05) is 5.56 Å². The standard InChI is InChI=1S/C23H25F2N/c1-2-3-17-4-6-18(7-5-17)19-8-10-20(11-9-19)21-12-14-22(15-13-21)23(24,25)16-26/h8-15,17-18H,2-7H2,1H3/t17-,18-. The molecule has 0 saturated heterocycles. The summed E-state index contributed by atoms with van der Waals surface area (Å²) in [4.78, 5) is 0. The Morgan fingerprint density at radius 1 is 0.923 bits per heavy atom. The van der Waals surface area contributed by atoms with Crippen LogP contribution in [0.25, 0.3) is 11.1 Å². The normalized spacial score (nSPS) is 20.5. The summed E-state index contributed by atoms with van der Waals surface area (Å²) in [6, 6.07) is 15.5. The quantitative estimate of drug-likeness (QED) is 0.565. The fourth-order valence-electron chi connectivity index (χ4n) is 4.08. The molecule has 0 N–H and O–H groups in total. The van der Waals surface area contributed by atoms with Gasteiger partial charge in [-0.2, -0.15) is 14.0 Å². The fourth-order valence-corrected chi connectivity index (χ4v) is 4.08. The van der Waals surface area contributed by atoms with Crippen LogP contribution in [-0.4, -0.2) is 0 Å². The maximum atomic E-state index is 13.4. The lowest BCUT2D eigenvalue weighted by atomic mass is 9.77. The summed E-state index contributed by atoms with van der Waals surface area (Å²) in [5.74, 6) is -1.88. The maximum Gasteiger partial charge on any atom is 0.357 e. The van der Waals surface area contributed by atoms with Crippen molar-refractivity contribution in [2.75, 3.05) is 0 Å². The summed E-state index contributed by atoms with van der Waals surface area (Å²) in [5.41, 5.74) is 3.03. The SMILES string of the molecule is CCC[C@H]1CC[C@H](c2ccc(-c3ccc(C(F)(F)C#N)cc3)cc2)CC1. The van der Waals surface area contributed by atoms with E-state index in [9.17, 15) is 8.78 Å². The third kappa shape index (κ3) is 4.12. The van der Waals surface area contributed by atoms with E-state index >= 15 is 0 Å². The van der Waals surface area contributed by atoms with Gasteiger partial charge in [0.15, 0.2) is 0 Å². The minimum Gasteiger partial charge on any atom is -0.191 e. The number of nitriles is 1. The molecule has 0 unspecified atom stereocenters. The van der Waals surface area contributed by atoms with E-state index in [4.69, 9.17) is 5.26 Å². The minimum atomic E-state index is -3.43. The Kier molecular flexibility index (Phi) is 5.71. The highest BCUT2D eigenvalue weighted by Crippen LogP contribution is 2.38. The van der Waals surface area contributed by atoms with Crippen molar-refractivity contribution in [3.8, 4) is 17.2 Å². The summed E-state index contributed by atoms with van der Waals surface area (Å²) >= 11 is 0. The molecule has 0 aliphatic heterocycles. The fraction of sp³-hybridized carbons (Fsp3) is 0.435. The number of hydrogen-bond donors (Lipinski definition) is 0. The lowest BCUT2D eigenvalue weighted by Gasteiger charge is -2.28. The van der Waals surface area contributed by atoms with Crippen LogP contribution in [0.15, 0.2) is 48.5 Å². The van der Waals surface area contributed by atoms with Gasteiger partial charge in [-0.3, -0.25) is 0 Å². The number of hydrogen-bond acceptors (Lipinski definition) is 1. The van der Waals surface area contributed by atoms with Crippen LogP contribution in [0.4, 0.5) is 8.78 Å². The van der Waals surface area contributed by atoms with Crippen molar-refractivity contribution < 1.29 is 8.78 Å². The number of alkyl halides is 2. The summed E-state index contributed by atoms with van der Waals surface area (Å²) in [6.45, 7) is 2.26. The molecule has 3 heteroatoms. The Labute approximate surface area is 154 Å². The molecule has 1 saturated carbocycles. The molecular formula is C23H25F2N. The van der Waals surface area contributed by atoms with Crippen LogP contribution in [-0.2, 0) is 5.92 Å². The molecule has 1 nitrogen and oxygen atoms in total. The van der Waals surface area contributed by atoms with Crippen LogP contribution in [0.3, 0.4) is 0 Å². The van der Waals surface area contributed by atoms with Crippen molar-refractivity contribution in [2.24, 2.45) is 5.92 Å². The van der Waals surface area contributed by atoms with Crippen molar-refractivity contribution in [2.45, 2.75) is 57.3 Å². The van der Waals surface area contributed by atoms with Gasteiger partial charge in [-0.05, 0) is 54.2 Å². The van der Waals surface area contributed by atoms with Crippen molar-refractivity contribution in [3.05, 3.63) is 59.7 Å². The first-order valence-corrected chi connectivity index (χ1v) is 9.53. The molecule has 0 atom stereocenters. The molecule has 0 spiro atoms. The first kappa shape index (κ1) is 18.6. The van der Waals surface area contributed by atoms with Crippen LogP contribution in [0.5, 0.6) is 0 Å². The number of rotatable bonds is 5. The third-order valence-corrected chi connectivity index (χ3v) is 5.65. The molecule has 0 amide bonds. The van der Waals surface area contributed by atoms with Gasteiger partial charge in [-0.1, -0.05) is 68.3 Å². The van der Waals surface area contributed by atoms with Gasteiger partial charge in [0.1, 0.15) is 6.07 Å². The highest BCUT2D eigenvalue weighted by atomic mass is 19.3. The predicted octanol–water partition coefficient (Wildman–Crippen LogP) is 7.04. The predicted molar refractivity (Wildman–Crippen MR) is 101 cm³/mol. The van der Waals surface area contributed by atoms with Crippen LogP contribution in [0, 0.1) is 17.2 Å². The van der Waals surface area contributed by atoms with E-state index in [0.717, 1.165) is 23.1 Å². The van der Waals surface area contributed by atoms with Crippen LogP contribution >= 0.6 is 0 Å².